The summed E-state index contributed by atoms with van der Waals surface area (Å²) in [5.41, 5.74) is 1.65. The molecule has 3 rings (SSSR count). The van der Waals surface area contributed by atoms with E-state index < -0.39 is 30.1 Å². The van der Waals surface area contributed by atoms with Crippen LogP contribution in [0.15, 0.2) is 12.1 Å². The fraction of sp³-hybridized carbons (Fsp3) is 0.529. The van der Waals surface area contributed by atoms with Crippen LogP contribution in [0.25, 0.3) is 0 Å². The molecule has 1 N–H and O–H groups in total. The van der Waals surface area contributed by atoms with Crippen molar-refractivity contribution in [1.82, 2.24) is 15.1 Å². The minimum atomic E-state index is -5.02. The number of nitrogens with one attached hydrogen (secondary N) is 1. The Balaban J connectivity index is 1.87. The van der Waals surface area contributed by atoms with Crippen molar-refractivity contribution in [3.8, 4) is 0 Å². The van der Waals surface area contributed by atoms with Gasteiger partial charge in [0.1, 0.15) is 6.04 Å². The van der Waals surface area contributed by atoms with Gasteiger partial charge in [0.2, 0.25) is 5.91 Å². The molecule has 0 aliphatic carbocycles. The van der Waals surface area contributed by atoms with Crippen molar-refractivity contribution in [3.05, 3.63) is 33.3 Å². The Kier molecular flexibility index (Phi) is 5.61. The number of hydrogen-bond donors (Lipinski definition) is 1. The van der Waals surface area contributed by atoms with Crippen molar-refractivity contribution in [1.29, 1.82) is 0 Å². The van der Waals surface area contributed by atoms with Gasteiger partial charge in [-0.15, -0.1) is 0 Å². The van der Waals surface area contributed by atoms with Crippen molar-refractivity contribution in [2.75, 3.05) is 26.2 Å². The van der Waals surface area contributed by atoms with E-state index in [0.29, 0.717) is 27.9 Å². The molecule has 0 spiro atoms. The van der Waals surface area contributed by atoms with Gasteiger partial charge in [-0.3, -0.25) is 9.59 Å². The summed E-state index contributed by atoms with van der Waals surface area (Å²) in [4.78, 5) is 26.9. The SMILES string of the molecule is CC1c2c(Cl)cc(Cl)cc2CCN1C(=O)[C@H]1CNCCN1C(=O)C(F)(F)F. The van der Waals surface area contributed by atoms with Gasteiger partial charge in [-0.1, -0.05) is 23.2 Å². The third kappa shape index (κ3) is 3.88. The first-order valence-corrected chi connectivity index (χ1v) is 9.23. The number of carbonyl (C=O) groups excluding carboxylic acids is 2. The number of rotatable bonds is 1. The van der Waals surface area contributed by atoms with Crippen molar-refractivity contribution < 1.29 is 22.8 Å². The van der Waals surface area contributed by atoms with Crippen LogP contribution in [-0.4, -0.2) is 60.0 Å². The van der Waals surface area contributed by atoms with Crippen molar-refractivity contribution in [3.63, 3.8) is 0 Å². The van der Waals surface area contributed by atoms with E-state index in [1.807, 2.05) is 0 Å². The molecular formula is C17H18Cl2F3N3O2. The predicted octanol–water partition coefficient (Wildman–Crippen LogP) is 2.80. The highest BCUT2D eigenvalue weighted by atomic mass is 35.5. The second-order valence-electron chi connectivity index (χ2n) is 6.63. The Morgan fingerprint density at radius 1 is 1.19 bits per heavy atom. The van der Waals surface area contributed by atoms with E-state index in [-0.39, 0.29) is 19.6 Å². The summed E-state index contributed by atoms with van der Waals surface area (Å²) in [5, 5.41) is 3.79. The molecule has 2 aliphatic heterocycles. The van der Waals surface area contributed by atoms with Crippen LogP contribution in [0.5, 0.6) is 0 Å². The van der Waals surface area contributed by atoms with Crippen LogP contribution >= 0.6 is 23.2 Å². The summed E-state index contributed by atoms with van der Waals surface area (Å²) in [6.45, 7) is 2.08. The highest BCUT2D eigenvalue weighted by Crippen LogP contribution is 2.37. The quantitative estimate of drug-likeness (QED) is 0.755. The maximum Gasteiger partial charge on any atom is 0.471 e. The number of carbonyl (C=O) groups is 2. The van der Waals surface area contributed by atoms with E-state index in [0.717, 1.165) is 11.1 Å². The summed E-state index contributed by atoms with van der Waals surface area (Å²) in [6, 6.07) is 1.72. The van der Waals surface area contributed by atoms with Gasteiger partial charge in [-0.2, -0.15) is 13.2 Å². The van der Waals surface area contributed by atoms with Gasteiger partial charge in [-0.05, 0) is 36.6 Å². The van der Waals surface area contributed by atoms with E-state index in [1.54, 1.807) is 19.1 Å². The molecule has 0 aromatic heterocycles. The third-order valence-electron chi connectivity index (χ3n) is 5.00. The zero-order valence-electron chi connectivity index (χ0n) is 14.4. The molecule has 0 radical (unpaired) electrons. The van der Waals surface area contributed by atoms with Crippen LogP contribution in [0, 0.1) is 0 Å². The molecule has 2 atom stereocenters. The highest BCUT2D eigenvalue weighted by molar-refractivity contribution is 6.35. The molecule has 1 aromatic carbocycles. The molecule has 148 valence electrons. The Labute approximate surface area is 164 Å². The fourth-order valence-electron chi connectivity index (χ4n) is 3.73. The van der Waals surface area contributed by atoms with E-state index in [2.05, 4.69) is 5.32 Å². The Hall–Kier alpha value is -1.51. The number of nitrogens with zero attached hydrogens (tertiary/aromatic N) is 2. The molecule has 27 heavy (non-hydrogen) atoms. The molecule has 2 amide bonds. The molecule has 0 saturated carbocycles. The van der Waals surface area contributed by atoms with Gasteiger partial charge in [0, 0.05) is 36.2 Å². The molecule has 10 heteroatoms. The number of piperazine rings is 1. The largest absolute Gasteiger partial charge is 0.471 e. The van der Waals surface area contributed by atoms with Gasteiger partial charge < -0.3 is 15.1 Å². The average molecular weight is 424 g/mol. The first-order valence-electron chi connectivity index (χ1n) is 8.48. The normalized spacial score (nSPS) is 23.2. The second kappa shape index (κ2) is 7.48. The van der Waals surface area contributed by atoms with Crippen LogP contribution in [0.1, 0.15) is 24.1 Å². The smallest absolute Gasteiger partial charge is 0.334 e. The maximum absolute atomic E-state index is 13.0. The van der Waals surface area contributed by atoms with Crippen molar-refractivity contribution in [2.45, 2.75) is 31.6 Å². The first-order chi connectivity index (χ1) is 12.6. The number of fused-ring (bicyclic) bond motifs is 1. The molecular weight excluding hydrogens is 406 g/mol. The highest BCUT2D eigenvalue weighted by Gasteiger charge is 2.48. The lowest BCUT2D eigenvalue weighted by atomic mass is 9.92. The number of benzene rings is 1. The summed E-state index contributed by atoms with van der Waals surface area (Å²) in [6.07, 6.45) is -4.53. The zero-order valence-corrected chi connectivity index (χ0v) is 16.0. The number of halogens is 5. The van der Waals surface area contributed by atoms with Crippen LogP contribution in [0.4, 0.5) is 13.2 Å². The van der Waals surface area contributed by atoms with E-state index in [1.165, 1.54) is 4.90 Å². The van der Waals surface area contributed by atoms with Gasteiger partial charge >= 0.3 is 12.1 Å². The molecule has 1 fully saturated rings. The van der Waals surface area contributed by atoms with E-state index >= 15 is 0 Å². The minimum Gasteiger partial charge on any atom is -0.334 e. The Bertz CT molecular complexity index is 773. The lowest BCUT2D eigenvalue weighted by Crippen LogP contribution is -2.62. The lowest BCUT2D eigenvalue weighted by Gasteiger charge is -2.42. The molecule has 2 heterocycles. The summed E-state index contributed by atoms with van der Waals surface area (Å²) < 4.78 is 38.7. The predicted molar refractivity (Wildman–Crippen MR) is 94.7 cm³/mol. The van der Waals surface area contributed by atoms with Crippen LogP contribution in [0.3, 0.4) is 0 Å². The fourth-order valence-corrected chi connectivity index (χ4v) is 4.42. The standard InChI is InChI=1S/C17H18Cl2F3N3O2/c1-9-14-10(6-11(18)7-12(14)19)2-4-24(9)15(26)13-8-23-3-5-25(13)16(27)17(20,21)22/h6-7,9,13,23H,2-5,8H2,1H3/t9?,13-/m1/s1. The monoisotopic (exact) mass is 423 g/mol. The summed E-state index contributed by atoms with van der Waals surface area (Å²) >= 11 is 12.3. The molecule has 1 saturated heterocycles. The zero-order chi connectivity index (χ0) is 19.9. The molecule has 5 nitrogen and oxygen atoms in total. The van der Waals surface area contributed by atoms with Gasteiger partial charge in [0.15, 0.2) is 0 Å². The summed E-state index contributed by atoms with van der Waals surface area (Å²) in [5.74, 6) is -2.51. The molecule has 1 unspecified atom stereocenters. The van der Waals surface area contributed by atoms with Crippen LogP contribution < -0.4 is 5.32 Å². The summed E-state index contributed by atoms with van der Waals surface area (Å²) in [7, 11) is 0. The molecule has 2 aliphatic rings. The topological polar surface area (TPSA) is 52.7 Å². The average Bonchev–Trinajstić information content (AvgIpc) is 2.59. The van der Waals surface area contributed by atoms with Gasteiger partial charge in [0.25, 0.3) is 0 Å². The Morgan fingerprint density at radius 2 is 1.89 bits per heavy atom. The number of amides is 2. The third-order valence-corrected chi connectivity index (χ3v) is 5.53. The van der Waals surface area contributed by atoms with Crippen molar-refractivity contribution in [2.24, 2.45) is 0 Å². The van der Waals surface area contributed by atoms with Crippen LogP contribution in [0.2, 0.25) is 10.0 Å². The number of hydrogen-bond acceptors (Lipinski definition) is 3. The maximum atomic E-state index is 13.0. The van der Waals surface area contributed by atoms with E-state index in [4.69, 9.17) is 23.2 Å². The number of alkyl halides is 3. The first kappa shape index (κ1) is 20.2. The molecule has 0 bridgehead atoms. The van der Waals surface area contributed by atoms with E-state index in [9.17, 15) is 22.8 Å². The second-order valence-corrected chi connectivity index (χ2v) is 7.48. The lowest BCUT2D eigenvalue weighted by molar-refractivity contribution is -0.190. The minimum absolute atomic E-state index is 0.0227. The van der Waals surface area contributed by atoms with Crippen molar-refractivity contribution >= 4 is 35.0 Å². The van der Waals surface area contributed by atoms with Crippen LogP contribution in [-0.2, 0) is 16.0 Å². The van der Waals surface area contributed by atoms with Gasteiger partial charge in [0.05, 0.1) is 6.04 Å². The molecule has 1 aromatic rings. The van der Waals surface area contributed by atoms with Gasteiger partial charge in [-0.25, -0.2) is 0 Å². The Morgan fingerprint density at radius 3 is 2.56 bits per heavy atom.